The standard InChI is InChI=1S/C25H21Cl6N3O4/c1-16-7-9-18(10-8-16)33-20(17-5-3-2-4-6-17)13-19-11-12-32(22(35)37-14-24(26,27)28)21(33)34(19)23(36)38-15-25(29,30)31/h2-13,19,21H,14-15H2,1H3/t19-,21+/m1/s1. The maximum atomic E-state index is 13.4. The van der Waals surface area contributed by atoms with Crippen LogP contribution in [-0.4, -0.2) is 55.1 Å². The number of carbonyl (C=O) groups excluding carboxylic acids is 2. The number of ether oxygens (including phenoxy) is 2. The van der Waals surface area contributed by atoms with Crippen LogP contribution in [0.1, 0.15) is 11.1 Å². The van der Waals surface area contributed by atoms with Crippen LogP contribution in [0.4, 0.5) is 15.3 Å². The zero-order valence-electron chi connectivity index (χ0n) is 19.7. The lowest BCUT2D eigenvalue weighted by atomic mass is 10.0. The van der Waals surface area contributed by atoms with Crippen LogP contribution < -0.4 is 4.90 Å². The zero-order chi connectivity index (χ0) is 27.7. The molecule has 0 N–H and O–H groups in total. The van der Waals surface area contributed by atoms with Crippen molar-refractivity contribution < 1.29 is 19.1 Å². The van der Waals surface area contributed by atoms with Crippen LogP contribution in [0.3, 0.4) is 0 Å². The Labute approximate surface area is 249 Å². The molecule has 202 valence electrons. The van der Waals surface area contributed by atoms with E-state index in [9.17, 15) is 9.59 Å². The molecule has 0 aliphatic carbocycles. The quantitative estimate of drug-likeness (QED) is 0.322. The number of alkyl halides is 6. The summed E-state index contributed by atoms with van der Waals surface area (Å²) in [5.41, 5.74) is 3.29. The van der Waals surface area contributed by atoms with E-state index in [-0.39, 0.29) is 0 Å². The lowest BCUT2D eigenvalue weighted by Gasteiger charge is -2.52. The summed E-state index contributed by atoms with van der Waals surface area (Å²) in [6.45, 7) is 0.933. The number of carbonyl (C=O) groups is 2. The molecule has 0 unspecified atom stereocenters. The number of hydrogen-bond donors (Lipinski definition) is 0. The highest BCUT2D eigenvalue weighted by atomic mass is 35.6. The number of benzene rings is 2. The third-order valence-electron chi connectivity index (χ3n) is 5.60. The molecule has 0 saturated heterocycles. The molecule has 2 aliphatic rings. The molecular weight excluding hydrogens is 619 g/mol. The van der Waals surface area contributed by atoms with Gasteiger partial charge in [-0.1, -0.05) is 118 Å². The predicted molar refractivity (Wildman–Crippen MR) is 152 cm³/mol. The molecule has 4 rings (SSSR count). The Kier molecular flexibility index (Phi) is 8.87. The van der Waals surface area contributed by atoms with E-state index in [1.54, 1.807) is 6.08 Å². The van der Waals surface area contributed by atoms with E-state index >= 15 is 0 Å². The first kappa shape index (κ1) is 29.0. The average Bonchev–Trinajstić information content (AvgIpc) is 2.85. The normalized spacial score (nSPS) is 19.2. The van der Waals surface area contributed by atoms with Gasteiger partial charge in [0.15, 0.2) is 6.29 Å². The van der Waals surface area contributed by atoms with Gasteiger partial charge in [0.1, 0.15) is 13.2 Å². The van der Waals surface area contributed by atoms with Crippen LogP contribution >= 0.6 is 69.6 Å². The van der Waals surface area contributed by atoms with Crippen LogP contribution in [-0.2, 0) is 9.47 Å². The fourth-order valence-electron chi connectivity index (χ4n) is 4.02. The molecule has 2 bridgehead atoms. The molecule has 0 fully saturated rings. The van der Waals surface area contributed by atoms with Gasteiger partial charge in [0.05, 0.1) is 11.7 Å². The van der Waals surface area contributed by atoms with Crippen molar-refractivity contribution in [3.8, 4) is 0 Å². The molecule has 2 atom stereocenters. The number of aryl methyl sites for hydroxylation is 1. The van der Waals surface area contributed by atoms with Crippen LogP contribution in [0.15, 0.2) is 72.9 Å². The second-order valence-corrected chi connectivity index (χ2v) is 13.5. The number of hydrogen-bond acceptors (Lipinski definition) is 5. The van der Waals surface area contributed by atoms with Crippen molar-refractivity contribution in [1.82, 2.24) is 9.80 Å². The number of fused-ring (bicyclic) bond motifs is 2. The Morgan fingerprint density at radius 2 is 1.42 bits per heavy atom. The molecule has 2 aromatic carbocycles. The Hall–Kier alpha value is -2.00. The van der Waals surface area contributed by atoms with Gasteiger partial charge in [0, 0.05) is 11.9 Å². The minimum Gasteiger partial charge on any atom is -0.445 e. The first-order valence-corrected chi connectivity index (χ1v) is 13.5. The third kappa shape index (κ3) is 6.95. The van der Waals surface area contributed by atoms with E-state index in [1.807, 2.05) is 72.5 Å². The summed E-state index contributed by atoms with van der Waals surface area (Å²) in [6, 6.07) is 16.5. The predicted octanol–water partition coefficient (Wildman–Crippen LogP) is 7.65. The second-order valence-electron chi connectivity index (χ2n) is 8.46. The Bertz CT molecular complexity index is 1230. The third-order valence-corrected chi connectivity index (χ3v) is 6.26. The first-order valence-electron chi connectivity index (χ1n) is 11.2. The number of amides is 2. The van der Waals surface area contributed by atoms with Gasteiger partial charge in [-0.15, -0.1) is 0 Å². The van der Waals surface area contributed by atoms with Gasteiger partial charge < -0.3 is 14.4 Å². The highest BCUT2D eigenvalue weighted by Gasteiger charge is 2.48. The Balaban J connectivity index is 1.83. The molecular formula is C25H21Cl6N3O4. The molecule has 2 heterocycles. The van der Waals surface area contributed by atoms with Crippen molar-refractivity contribution in [2.45, 2.75) is 26.8 Å². The Morgan fingerprint density at radius 1 is 0.842 bits per heavy atom. The van der Waals surface area contributed by atoms with Gasteiger partial charge in [-0.3, -0.25) is 4.90 Å². The van der Waals surface area contributed by atoms with Gasteiger partial charge in [-0.25, -0.2) is 14.5 Å². The number of nitrogens with zero attached hydrogens (tertiary/aromatic N) is 3. The number of rotatable bonds is 4. The van der Waals surface area contributed by atoms with Crippen LogP contribution in [0.5, 0.6) is 0 Å². The molecule has 0 saturated carbocycles. The maximum absolute atomic E-state index is 13.4. The van der Waals surface area contributed by atoms with E-state index in [0.29, 0.717) is 5.69 Å². The van der Waals surface area contributed by atoms with Gasteiger partial charge in [-0.05, 0) is 36.8 Å². The van der Waals surface area contributed by atoms with E-state index in [4.69, 9.17) is 79.1 Å². The zero-order valence-corrected chi connectivity index (χ0v) is 24.3. The summed E-state index contributed by atoms with van der Waals surface area (Å²) in [6.07, 6.45) is 2.26. The number of anilines is 1. The lowest BCUT2D eigenvalue weighted by molar-refractivity contribution is 0.0251. The first-order chi connectivity index (χ1) is 17.8. The summed E-state index contributed by atoms with van der Waals surface area (Å²) in [4.78, 5) is 31.1. The summed E-state index contributed by atoms with van der Waals surface area (Å²) >= 11 is 34.9. The summed E-state index contributed by atoms with van der Waals surface area (Å²) in [5, 5.41) is 0. The summed E-state index contributed by atoms with van der Waals surface area (Å²) in [5.74, 6) is 0. The van der Waals surface area contributed by atoms with Crippen molar-refractivity contribution in [2.75, 3.05) is 18.1 Å². The average molecular weight is 640 g/mol. The SMILES string of the molecule is Cc1ccc(N2C(c3ccccc3)=C[C@H]3C=CN(C(=O)OCC(Cl)(Cl)Cl)[C@@H]2N3C(=O)OCC(Cl)(Cl)Cl)cc1. The minimum atomic E-state index is -1.83. The van der Waals surface area contributed by atoms with E-state index in [1.165, 1.54) is 16.0 Å². The molecule has 13 heteroatoms. The van der Waals surface area contributed by atoms with Crippen molar-refractivity contribution in [2.24, 2.45) is 0 Å². The van der Waals surface area contributed by atoms with Gasteiger partial charge in [-0.2, -0.15) is 0 Å². The largest absolute Gasteiger partial charge is 0.445 e. The van der Waals surface area contributed by atoms with E-state index in [0.717, 1.165) is 16.8 Å². The van der Waals surface area contributed by atoms with Gasteiger partial charge >= 0.3 is 12.2 Å². The fraction of sp³-hybridized carbons (Fsp3) is 0.280. The highest BCUT2D eigenvalue weighted by molar-refractivity contribution is 6.68. The second kappa shape index (κ2) is 11.6. The maximum Gasteiger partial charge on any atom is 0.417 e. The topological polar surface area (TPSA) is 62.3 Å². The summed E-state index contributed by atoms with van der Waals surface area (Å²) < 4.78 is 6.94. The Morgan fingerprint density at radius 3 is 2.00 bits per heavy atom. The molecule has 0 spiro atoms. The minimum absolute atomic E-state index is 0.506. The highest BCUT2D eigenvalue weighted by Crippen LogP contribution is 2.40. The molecule has 2 aromatic rings. The molecule has 2 aliphatic heterocycles. The van der Waals surface area contributed by atoms with Crippen LogP contribution in [0, 0.1) is 6.92 Å². The van der Waals surface area contributed by atoms with Crippen molar-refractivity contribution in [3.63, 3.8) is 0 Å². The summed E-state index contributed by atoms with van der Waals surface area (Å²) in [7, 11) is 0. The van der Waals surface area contributed by atoms with Crippen molar-refractivity contribution >= 4 is 93.2 Å². The van der Waals surface area contributed by atoms with Crippen LogP contribution in [0.2, 0.25) is 0 Å². The molecule has 0 radical (unpaired) electrons. The van der Waals surface area contributed by atoms with E-state index < -0.39 is 45.3 Å². The lowest BCUT2D eigenvalue weighted by Crippen LogP contribution is -2.66. The van der Waals surface area contributed by atoms with Gasteiger partial charge in [0.25, 0.3) is 0 Å². The molecule has 7 nitrogen and oxygen atoms in total. The van der Waals surface area contributed by atoms with Crippen molar-refractivity contribution in [3.05, 3.63) is 84.1 Å². The van der Waals surface area contributed by atoms with E-state index in [2.05, 4.69) is 0 Å². The van der Waals surface area contributed by atoms with Crippen molar-refractivity contribution in [1.29, 1.82) is 0 Å². The molecule has 38 heavy (non-hydrogen) atoms. The molecule has 0 aromatic heterocycles. The van der Waals surface area contributed by atoms with Gasteiger partial charge in [0.2, 0.25) is 7.59 Å². The number of halogens is 6. The smallest absolute Gasteiger partial charge is 0.417 e. The van der Waals surface area contributed by atoms with Crippen LogP contribution in [0.25, 0.3) is 5.70 Å². The molecule has 2 amide bonds. The fourth-order valence-corrected chi connectivity index (χ4v) is 4.35. The monoisotopic (exact) mass is 637 g/mol.